The fraction of sp³-hybridized carbons (Fsp3) is 0.857. The van der Waals surface area contributed by atoms with Gasteiger partial charge in [0, 0.05) is 13.2 Å². The minimum Gasteiger partial charge on any atom is -0.480 e. The van der Waals surface area contributed by atoms with Gasteiger partial charge in [0.15, 0.2) is 0 Å². The van der Waals surface area contributed by atoms with Crippen LogP contribution in [0.2, 0.25) is 0 Å². The summed E-state index contributed by atoms with van der Waals surface area (Å²) in [6, 6.07) is 0. The minimum atomic E-state index is -0.968. The van der Waals surface area contributed by atoms with E-state index in [-0.39, 0.29) is 6.54 Å². The number of aliphatic carboxylic acids is 1. The van der Waals surface area contributed by atoms with E-state index < -0.39 is 5.97 Å². The van der Waals surface area contributed by atoms with Crippen LogP contribution in [0.5, 0.6) is 0 Å². The van der Waals surface area contributed by atoms with Crippen molar-refractivity contribution in [3.8, 4) is 0 Å². The molecule has 4 heteroatoms. The molecular formula is C7H15NO3. The number of carboxylic acids is 1. The van der Waals surface area contributed by atoms with Gasteiger partial charge in [0.1, 0.15) is 0 Å². The van der Waals surface area contributed by atoms with Crippen LogP contribution in [-0.4, -0.2) is 30.8 Å². The second kappa shape index (κ2) is 7.50. The Morgan fingerprint density at radius 1 is 1.36 bits per heavy atom. The SMILES string of the molecule is C1CCOCC1.NCC(=O)O. The summed E-state index contributed by atoms with van der Waals surface area (Å²) in [6.07, 6.45) is 3.93. The lowest BCUT2D eigenvalue weighted by molar-refractivity contribution is -0.135. The smallest absolute Gasteiger partial charge is 0.317 e. The van der Waals surface area contributed by atoms with E-state index >= 15 is 0 Å². The summed E-state index contributed by atoms with van der Waals surface area (Å²) >= 11 is 0. The van der Waals surface area contributed by atoms with Gasteiger partial charge in [-0.25, -0.2) is 0 Å². The van der Waals surface area contributed by atoms with Crippen LogP contribution in [0, 0.1) is 0 Å². The van der Waals surface area contributed by atoms with Gasteiger partial charge in [0.2, 0.25) is 0 Å². The molecule has 11 heavy (non-hydrogen) atoms. The summed E-state index contributed by atoms with van der Waals surface area (Å²) in [7, 11) is 0. The molecule has 0 saturated carbocycles. The van der Waals surface area contributed by atoms with E-state index in [0.717, 1.165) is 13.2 Å². The first kappa shape index (κ1) is 10.4. The van der Waals surface area contributed by atoms with Gasteiger partial charge in [-0.3, -0.25) is 4.79 Å². The van der Waals surface area contributed by atoms with E-state index in [2.05, 4.69) is 5.73 Å². The molecule has 0 unspecified atom stereocenters. The van der Waals surface area contributed by atoms with Gasteiger partial charge in [-0.15, -0.1) is 0 Å². The maximum absolute atomic E-state index is 9.24. The Balaban J connectivity index is 0.000000187. The van der Waals surface area contributed by atoms with E-state index in [4.69, 9.17) is 9.84 Å². The van der Waals surface area contributed by atoms with E-state index in [1.165, 1.54) is 19.3 Å². The van der Waals surface area contributed by atoms with Crippen LogP contribution in [0.25, 0.3) is 0 Å². The van der Waals surface area contributed by atoms with Gasteiger partial charge in [0.05, 0.1) is 6.54 Å². The normalized spacial score (nSPS) is 16.5. The monoisotopic (exact) mass is 161 g/mol. The van der Waals surface area contributed by atoms with Gasteiger partial charge < -0.3 is 15.6 Å². The predicted octanol–water partition coefficient (Wildman–Crippen LogP) is 0.217. The molecule has 3 N–H and O–H groups in total. The highest BCUT2D eigenvalue weighted by molar-refractivity contribution is 5.68. The number of rotatable bonds is 1. The third-order valence-corrected chi connectivity index (χ3v) is 1.25. The lowest BCUT2D eigenvalue weighted by Gasteiger charge is -2.08. The highest BCUT2D eigenvalue weighted by Crippen LogP contribution is 2.02. The van der Waals surface area contributed by atoms with Crippen LogP contribution >= 0.6 is 0 Å². The first-order chi connectivity index (χ1) is 5.27. The maximum Gasteiger partial charge on any atom is 0.317 e. The lowest BCUT2D eigenvalue weighted by Crippen LogP contribution is -2.10. The quantitative estimate of drug-likeness (QED) is 0.577. The fourth-order valence-corrected chi connectivity index (χ4v) is 0.687. The van der Waals surface area contributed by atoms with Crippen molar-refractivity contribution >= 4 is 5.97 Å². The van der Waals surface area contributed by atoms with Crippen molar-refractivity contribution in [2.75, 3.05) is 19.8 Å². The highest BCUT2D eigenvalue weighted by Gasteiger charge is 1.95. The number of hydrogen-bond donors (Lipinski definition) is 2. The van der Waals surface area contributed by atoms with Crippen LogP contribution < -0.4 is 5.73 Å². The molecule has 1 fully saturated rings. The molecule has 0 radical (unpaired) electrons. The third-order valence-electron chi connectivity index (χ3n) is 1.25. The van der Waals surface area contributed by atoms with Crippen molar-refractivity contribution in [2.24, 2.45) is 5.73 Å². The van der Waals surface area contributed by atoms with Crippen molar-refractivity contribution in [1.29, 1.82) is 0 Å². The number of nitrogens with two attached hydrogens (primary N) is 1. The van der Waals surface area contributed by atoms with Gasteiger partial charge in [-0.2, -0.15) is 0 Å². The van der Waals surface area contributed by atoms with E-state index in [1.807, 2.05) is 0 Å². The first-order valence-corrected chi connectivity index (χ1v) is 3.77. The van der Waals surface area contributed by atoms with Crippen LogP contribution in [0.4, 0.5) is 0 Å². The topological polar surface area (TPSA) is 72.5 Å². The highest BCUT2D eigenvalue weighted by atomic mass is 16.5. The van der Waals surface area contributed by atoms with Crippen molar-refractivity contribution in [3.05, 3.63) is 0 Å². The van der Waals surface area contributed by atoms with E-state index in [1.54, 1.807) is 0 Å². The molecule has 1 aliphatic rings. The standard InChI is InChI=1S/C5H10O.C2H5NO2/c1-2-4-6-5-3-1;3-1-2(4)5/h1-5H2;1,3H2,(H,4,5). The Bertz CT molecular complexity index is 90.3. The summed E-state index contributed by atoms with van der Waals surface area (Å²) < 4.78 is 5.07. The molecule has 0 bridgehead atoms. The second-order valence-corrected chi connectivity index (χ2v) is 2.27. The molecule has 1 heterocycles. The molecule has 66 valence electrons. The Hall–Kier alpha value is -0.610. The molecule has 0 aromatic rings. The lowest BCUT2D eigenvalue weighted by atomic mass is 10.2. The molecule has 1 aliphatic heterocycles. The molecule has 0 amide bonds. The van der Waals surface area contributed by atoms with E-state index in [0.29, 0.717) is 0 Å². The average molecular weight is 161 g/mol. The summed E-state index contributed by atoms with van der Waals surface area (Å²) in [5, 5.41) is 7.60. The van der Waals surface area contributed by atoms with Crippen molar-refractivity contribution < 1.29 is 14.6 Å². The van der Waals surface area contributed by atoms with Gasteiger partial charge in [-0.1, -0.05) is 0 Å². The fourth-order valence-electron chi connectivity index (χ4n) is 0.687. The zero-order valence-electron chi connectivity index (χ0n) is 6.58. The van der Waals surface area contributed by atoms with Gasteiger partial charge in [-0.05, 0) is 19.3 Å². The molecule has 0 atom stereocenters. The Morgan fingerprint density at radius 2 is 1.82 bits per heavy atom. The maximum atomic E-state index is 9.24. The molecule has 0 aromatic carbocycles. The van der Waals surface area contributed by atoms with Gasteiger partial charge in [0.25, 0.3) is 0 Å². The predicted molar refractivity (Wildman–Crippen MR) is 41.4 cm³/mol. The summed E-state index contributed by atoms with van der Waals surface area (Å²) in [5.41, 5.74) is 4.57. The molecule has 0 aromatic heterocycles. The molecule has 0 spiro atoms. The molecule has 4 nitrogen and oxygen atoms in total. The number of carbonyl (C=O) groups is 1. The van der Waals surface area contributed by atoms with E-state index in [9.17, 15) is 4.79 Å². The molecule has 1 saturated heterocycles. The van der Waals surface area contributed by atoms with Crippen LogP contribution in [0.15, 0.2) is 0 Å². The van der Waals surface area contributed by atoms with Crippen molar-refractivity contribution in [3.63, 3.8) is 0 Å². The Kier molecular flexibility index (Phi) is 7.08. The van der Waals surface area contributed by atoms with Crippen LogP contribution in [-0.2, 0) is 9.53 Å². The largest absolute Gasteiger partial charge is 0.480 e. The first-order valence-electron chi connectivity index (χ1n) is 3.77. The Labute approximate surface area is 66.3 Å². The summed E-state index contributed by atoms with van der Waals surface area (Å²) in [4.78, 5) is 9.24. The summed E-state index contributed by atoms with van der Waals surface area (Å²) in [6.45, 7) is 1.72. The zero-order chi connectivity index (χ0) is 8.53. The molecule has 1 rings (SSSR count). The Morgan fingerprint density at radius 3 is 1.91 bits per heavy atom. The van der Waals surface area contributed by atoms with Crippen LogP contribution in [0.3, 0.4) is 0 Å². The average Bonchev–Trinajstić information content (AvgIpc) is 2.09. The zero-order valence-corrected chi connectivity index (χ0v) is 6.58. The third kappa shape index (κ3) is 9.39. The number of hydrogen-bond acceptors (Lipinski definition) is 3. The number of carboxylic acid groups (broad SMARTS) is 1. The second-order valence-electron chi connectivity index (χ2n) is 2.27. The molecular weight excluding hydrogens is 146 g/mol. The van der Waals surface area contributed by atoms with Crippen LogP contribution in [0.1, 0.15) is 19.3 Å². The number of ether oxygens (including phenoxy) is 1. The van der Waals surface area contributed by atoms with Crippen molar-refractivity contribution in [2.45, 2.75) is 19.3 Å². The molecule has 0 aliphatic carbocycles. The minimum absolute atomic E-state index is 0.278. The van der Waals surface area contributed by atoms with Gasteiger partial charge >= 0.3 is 5.97 Å². The summed E-state index contributed by atoms with van der Waals surface area (Å²) in [5.74, 6) is -0.968. The van der Waals surface area contributed by atoms with Crippen molar-refractivity contribution in [1.82, 2.24) is 0 Å².